The largest absolute Gasteiger partial charge is 0.395 e. The fraction of sp³-hybridized carbons (Fsp3) is 0.833. The van der Waals surface area contributed by atoms with Crippen LogP contribution in [0.5, 0.6) is 0 Å². The third kappa shape index (κ3) is 4.39. The number of hydrogen-bond acceptors (Lipinski definition) is 6. The van der Waals surface area contributed by atoms with Gasteiger partial charge in [-0.05, 0) is 6.42 Å². The molecule has 1 atom stereocenters. The number of β-amino-alcohol motifs (C(OH)–C–C–N with tert-alkyl or cyclic N) is 1. The molecule has 0 saturated carbocycles. The lowest BCUT2D eigenvalue weighted by Gasteiger charge is -2.34. The van der Waals surface area contributed by atoms with Crippen LogP contribution in [0.1, 0.15) is 6.42 Å². The third-order valence-electron chi connectivity index (χ3n) is 3.84. The van der Waals surface area contributed by atoms with E-state index < -0.39 is 27.7 Å². The second-order valence-electron chi connectivity index (χ2n) is 5.43. The van der Waals surface area contributed by atoms with Crippen LogP contribution in [0.25, 0.3) is 0 Å². The zero-order valence-corrected chi connectivity index (χ0v) is 12.6. The molecule has 120 valence electrons. The predicted octanol–water partition coefficient (Wildman–Crippen LogP) is -2.57. The third-order valence-corrected chi connectivity index (χ3v) is 5.61. The maximum Gasteiger partial charge on any atom is 0.311 e. The first-order valence-corrected chi connectivity index (χ1v) is 8.87. The Bertz CT molecular complexity index is 499. The van der Waals surface area contributed by atoms with Crippen LogP contribution < -0.4 is 5.32 Å². The number of carbonyl (C=O) groups is 2. The van der Waals surface area contributed by atoms with Crippen molar-refractivity contribution in [1.82, 2.24) is 15.1 Å². The van der Waals surface area contributed by atoms with E-state index in [-0.39, 0.29) is 18.1 Å². The van der Waals surface area contributed by atoms with Crippen LogP contribution in [0.4, 0.5) is 0 Å². The molecule has 1 unspecified atom stereocenters. The Kier molecular flexibility index (Phi) is 5.17. The Hall–Kier alpha value is -1.19. The molecule has 2 N–H and O–H groups in total. The number of aliphatic hydroxyl groups excluding tert-OH is 1. The van der Waals surface area contributed by atoms with Gasteiger partial charge in [-0.15, -0.1) is 0 Å². The average Bonchev–Trinajstić information content (AvgIpc) is 2.78. The highest BCUT2D eigenvalue weighted by atomic mass is 32.2. The molecule has 2 heterocycles. The van der Waals surface area contributed by atoms with Gasteiger partial charge in [-0.3, -0.25) is 14.5 Å². The van der Waals surface area contributed by atoms with Gasteiger partial charge < -0.3 is 15.3 Å². The zero-order valence-electron chi connectivity index (χ0n) is 11.8. The topological polar surface area (TPSA) is 107 Å². The molecule has 0 radical (unpaired) electrons. The Balaban J connectivity index is 1.79. The highest BCUT2D eigenvalue weighted by Gasteiger charge is 2.32. The van der Waals surface area contributed by atoms with Gasteiger partial charge in [-0.1, -0.05) is 0 Å². The molecule has 0 spiro atoms. The molecule has 0 aliphatic carbocycles. The second-order valence-corrected chi connectivity index (χ2v) is 7.66. The van der Waals surface area contributed by atoms with E-state index in [0.29, 0.717) is 39.1 Å². The van der Waals surface area contributed by atoms with Crippen LogP contribution in [0.2, 0.25) is 0 Å². The van der Waals surface area contributed by atoms with Crippen molar-refractivity contribution in [2.45, 2.75) is 12.5 Å². The van der Waals surface area contributed by atoms with E-state index in [1.165, 1.54) is 4.90 Å². The van der Waals surface area contributed by atoms with Crippen molar-refractivity contribution < 1.29 is 23.1 Å². The van der Waals surface area contributed by atoms with Gasteiger partial charge in [0.2, 0.25) is 0 Å². The molecule has 0 bridgehead atoms. The Labute approximate surface area is 124 Å². The minimum absolute atomic E-state index is 0.0615. The molecule has 2 rings (SSSR count). The summed E-state index contributed by atoms with van der Waals surface area (Å²) in [6.45, 7) is 2.76. The summed E-state index contributed by atoms with van der Waals surface area (Å²) in [6, 6.07) is -0.456. The van der Waals surface area contributed by atoms with Crippen molar-refractivity contribution in [3.05, 3.63) is 0 Å². The van der Waals surface area contributed by atoms with E-state index >= 15 is 0 Å². The summed E-state index contributed by atoms with van der Waals surface area (Å²) in [5, 5.41) is 11.4. The van der Waals surface area contributed by atoms with Crippen molar-refractivity contribution >= 4 is 21.7 Å². The summed E-state index contributed by atoms with van der Waals surface area (Å²) in [5.41, 5.74) is 0. The van der Waals surface area contributed by atoms with Gasteiger partial charge in [-0.25, -0.2) is 8.42 Å². The first-order chi connectivity index (χ1) is 9.91. The number of carbonyl (C=O) groups excluding carboxylic acids is 2. The van der Waals surface area contributed by atoms with Crippen LogP contribution in [-0.2, 0) is 19.4 Å². The summed E-state index contributed by atoms with van der Waals surface area (Å²) in [7, 11) is -3.08. The number of piperazine rings is 1. The minimum Gasteiger partial charge on any atom is -0.395 e. The smallest absolute Gasteiger partial charge is 0.311 e. The first-order valence-electron chi connectivity index (χ1n) is 7.05. The lowest BCUT2D eigenvalue weighted by molar-refractivity contribution is -0.147. The van der Waals surface area contributed by atoms with E-state index in [9.17, 15) is 18.0 Å². The summed E-state index contributed by atoms with van der Waals surface area (Å²) in [6.07, 6.45) is 0.367. The highest BCUT2D eigenvalue weighted by molar-refractivity contribution is 7.91. The molecular formula is C12H21N3O5S. The monoisotopic (exact) mass is 319 g/mol. The predicted molar refractivity (Wildman–Crippen MR) is 75.3 cm³/mol. The number of sulfone groups is 1. The lowest BCUT2D eigenvalue weighted by Crippen LogP contribution is -2.54. The Morgan fingerprint density at radius 2 is 1.86 bits per heavy atom. The standard InChI is InChI=1S/C12H21N3O5S/c16-7-6-14-2-4-15(5-3-14)12(18)11(17)13-10-1-8-21(19,20)9-10/h10,16H,1-9H2,(H,13,17). The molecule has 21 heavy (non-hydrogen) atoms. The average molecular weight is 319 g/mol. The van der Waals surface area contributed by atoms with Gasteiger partial charge in [0.25, 0.3) is 0 Å². The number of aliphatic hydroxyl groups is 1. The van der Waals surface area contributed by atoms with E-state index in [0.717, 1.165) is 0 Å². The van der Waals surface area contributed by atoms with Crippen LogP contribution in [0.15, 0.2) is 0 Å². The van der Waals surface area contributed by atoms with Crippen LogP contribution in [0.3, 0.4) is 0 Å². The van der Waals surface area contributed by atoms with Crippen molar-refractivity contribution in [2.24, 2.45) is 0 Å². The van der Waals surface area contributed by atoms with Gasteiger partial charge in [0.1, 0.15) is 0 Å². The lowest BCUT2D eigenvalue weighted by atomic mass is 10.2. The number of amides is 2. The van der Waals surface area contributed by atoms with Crippen LogP contribution in [0, 0.1) is 0 Å². The summed E-state index contributed by atoms with van der Waals surface area (Å²) in [5.74, 6) is -1.36. The van der Waals surface area contributed by atoms with Crippen LogP contribution in [-0.4, -0.2) is 92.0 Å². The molecule has 2 aliphatic rings. The first kappa shape index (κ1) is 16.2. The van der Waals surface area contributed by atoms with E-state index in [4.69, 9.17) is 5.11 Å². The molecule has 9 heteroatoms. The van der Waals surface area contributed by atoms with E-state index in [1.807, 2.05) is 4.90 Å². The maximum atomic E-state index is 12.0. The molecule has 2 aliphatic heterocycles. The molecule has 8 nitrogen and oxygen atoms in total. The SMILES string of the molecule is O=C(NC1CCS(=O)(=O)C1)C(=O)N1CCN(CCO)CC1. The minimum atomic E-state index is -3.08. The normalized spacial score (nSPS) is 25.8. The fourth-order valence-electron chi connectivity index (χ4n) is 2.62. The summed E-state index contributed by atoms with van der Waals surface area (Å²) < 4.78 is 22.6. The number of rotatable bonds is 3. The highest BCUT2D eigenvalue weighted by Crippen LogP contribution is 2.11. The molecule has 2 saturated heterocycles. The molecule has 0 aromatic carbocycles. The van der Waals surface area contributed by atoms with Gasteiger partial charge in [0.15, 0.2) is 9.84 Å². The molecule has 2 fully saturated rings. The van der Waals surface area contributed by atoms with E-state index in [1.54, 1.807) is 0 Å². The molecule has 2 amide bonds. The molecular weight excluding hydrogens is 298 g/mol. The fourth-order valence-corrected chi connectivity index (χ4v) is 4.29. The molecule has 0 aromatic heterocycles. The van der Waals surface area contributed by atoms with Gasteiger partial charge in [0, 0.05) is 38.8 Å². The van der Waals surface area contributed by atoms with Crippen molar-refractivity contribution in [1.29, 1.82) is 0 Å². The van der Waals surface area contributed by atoms with Crippen molar-refractivity contribution in [2.75, 3.05) is 50.8 Å². The molecule has 0 aromatic rings. The summed E-state index contributed by atoms with van der Waals surface area (Å²) in [4.78, 5) is 27.4. The van der Waals surface area contributed by atoms with Gasteiger partial charge >= 0.3 is 11.8 Å². The number of nitrogens with zero attached hydrogens (tertiary/aromatic N) is 2. The zero-order chi connectivity index (χ0) is 15.5. The second kappa shape index (κ2) is 6.71. The number of hydrogen-bond donors (Lipinski definition) is 2. The number of nitrogens with one attached hydrogen (secondary N) is 1. The van der Waals surface area contributed by atoms with Crippen LogP contribution >= 0.6 is 0 Å². The Morgan fingerprint density at radius 3 is 2.38 bits per heavy atom. The van der Waals surface area contributed by atoms with Crippen molar-refractivity contribution in [3.8, 4) is 0 Å². The quantitative estimate of drug-likeness (QED) is 0.554. The van der Waals surface area contributed by atoms with E-state index in [2.05, 4.69) is 5.32 Å². The maximum absolute atomic E-state index is 12.0. The van der Waals surface area contributed by atoms with Gasteiger partial charge in [0.05, 0.1) is 18.1 Å². The Morgan fingerprint density at radius 1 is 1.19 bits per heavy atom. The summed E-state index contributed by atoms with van der Waals surface area (Å²) >= 11 is 0. The van der Waals surface area contributed by atoms with Gasteiger partial charge in [-0.2, -0.15) is 0 Å². The van der Waals surface area contributed by atoms with Crippen molar-refractivity contribution in [3.63, 3.8) is 0 Å².